The van der Waals surface area contributed by atoms with E-state index in [0.717, 1.165) is 0 Å². The smallest absolute Gasteiger partial charge is 0.326 e. The average molecular weight is 307 g/mol. The van der Waals surface area contributed by atoms with E-state index in [1.807, 2.05) is 0 Å². The molecule has 1 aliphatic heterocycles. The van der Waals surface area contributed by atoms with Crippen molar-refractivity contribution in [2.45, 2.75) is 38.3 Å². The van der Waals surface area contributed by atoms with Crippen molar-refractivity contribution in [3.63, 3.8) is 0 Å². The highest BCUT2D eigenvalue weighted by Gasteiger charge is 2.42. The second-order valence-electron chi connectivity index (χ2n) is 5.79. The number of amides is 1. The number of benzene rings is 1. The lowest BCUT2D eigenvalue weighted by molar-refractivity contribution is -0.155. The van der Waals surface area contributed by atoms with Gasteiger partial charge in [-0.2, -0.15) is 0 Å². The molecule has 1 N–H and O–H groups in total. The van der Waals surface area contributed by atoms with Gasteiger partial charge < -0.3 is 19.5 Å². The summed E-state index contributed by atoms with van der Waals surface area (Å²) in [7, 11) is 1.55. The highest BCUT2D eigenvalue weighted by atomic mass is 16.5. The molecule has 1 fully saturated rings. The van der Waals surface area contributed by atoms with Crippen LogP contribution in [0.5, 0.6) is 11.5 Å². The van der Waals surface area contributed by atoms with Crippen molar-refractivity contribution < 1.29 is 24.2 Å². The monoisotopic (exact) mass is 307 g/mol. The molecular formula is C16H21NO5. The lowest BCUT2D eigenvalue weighted by Crippen LogP contribution is -2.52. The molecule has 1 heterocycles. The minimum atomic E-state index is -1.15. The van der Waals surface area contributed by atoms with E-state index in [-0.39, 0.29) is 5.91 Å². The summed E-state index contributed by atoms with van der Waals surface area (Å²) >= 11 is 0. The number of hydrogen-bond acceptors (Lipinski definition) is 4. The number of carboxylic acids is 1. The first-order chi connectivity index (χ1) is 10.3. The Morgan fingerprint density at radius 3 is 2.64 bits per heavy atom. The van der Waals surface area contributed by atoms with Gasteiger partial charge in [-0.15, -0.1) is 0 Å². The number of aliphatic carboxylic acids is 1. The first-order valence-electron chi connectivity index (χ1n) is 7.22. The maximum absolute atomic E-state index is 12.6. The van der Waals surface area contributed by atoms with Crippen molar-refractivity contribution in [2.24, 2.45) is 0 Å². The van der Waals surface area contributed by atoms with Crippen molar-refractivity contribution in [1.82, 2.24) is 4.90 Å². The largest absolute Gasteiger partial charge is 0.497 e. The number of ether oxygens (including phenoxy) is 2. The molecule has 0 aliphatic carbocycles. The summed E-state index contributed by atoms with van der Waals surface area (Å²) in [6, 6.07) is 6.21. The number of carboxylic acid groups (broad SMARTS) is 1. The molecule has 1 amide bonds. The predicted molar refractivity (Wildman–Crippen MR) is 80.1 cm³/mol. The van der Waals surface area contributed by atoms with Crippen LogP contribution in [0, 0.1) is 0 Å². The molecule has 0 aromatic heterocycles. The van der Waals surface area contributed by atoms with Crippen LogP contribution in [0.1, 0.15) is 26.7 Å². The van der Waals surface area contributed by atoms with Crippen LogP contribution in [0.2, 0.25) is 0 Å². The Morgan fingerprint density at radius 2 is 2.00 bits per heavy atom. The van der Waals surface area contributed by atoms with E-state index in [1.165, 1.54) is 4.90 Å². The first kappa shape index (κ1) is 16.1. The topological polar surface area (TPSA) is 76.1 Å². The first-order valence-corrected chi connectivity index (χ1v) is 7.22. The summed E-state index contributed by atoms with van der Waals surface area (Å²) in [5, 5.41) is 9.21. The van der Waals surface area contributed by atoms with E-state index in [2.05, 4.69) is 0 Å². The molecule has 1 saturated heterocycles. The van der Waals surface area contributed by atoms with Gasteiger partial charge in [-0.1, -0.05) is 6.07 Å². The molecule has 0 saturated carbocycles. The highest BCUT2D eigenvalue weighted by Crippen LogP contribution is 2.27. The highest BCUT2D eigenvalue weighted by molar-refractivity contribution is 5.89. The van der Waals surface area contributed by atoms with E-state index in [4.69, 9.17) is 9.47 Å². The van der Waals surface area contributed by atoms with Crippen LogP contribution in [-0.2, 0) is 9.59 Å². The van der Waals surface area contributed by atoms with Gasteiger partial charge in [0.15, 0.2) is 5.60 Å². The quantitative estimate of drug-likeness (QED) is 0.899. The van der Waals surface area contributed by atoms with Crippen LogP contribution in [-0.4, -0.2) is 47.2 Å². The average Bonchev–Trinajstić information content (AvgIpc) is 2.95. The summed E-state index contributed by atoms with van der Waals surface area (Å²) in [4.78, 5) is 25.3. The van der Waals surface area contributed by atoms with Crippen molar-refractivity contribution in [3.8, 4) is 11.5 Å². The van der Waals surface area contributed by atoms with Crippen LogP contribution in [0.3, 0.4) is 0 Å². The normalized spacial score (nSPS) is 18.1. The Balaban J connectivity index is 2.14. The van der Waals surface area contributed by atoms with Crippen molar-refractivity contribution >= 4 is 11.9 Å². The summed E-state index contributed by atoms with van der Waals surface area (Å²) in [5.74, 6) is -0.155. The molecule has 1 atom stereocenters. The molecule has 6 nitrogen and oxygen atoms in total. The molecule has 1 aromatic carbocycles. The zero-order valence-corrected chi connectivity index (χ0v) is 13.0. The van der Waals surface area contributed by atoms with Gasteiger partial charge in [-0.3, -0.25) is 4.79 Å². The number of rotatable bonds is 5. The molecule has 0 radical (unpaired) electrons. The Hall–Kier alpha value is -2.24. The number of methoxy groups -OCH3 is 1. The van der Waals surface area contributed by atoms with Crippen LogP contribution >= 0.6 is 0 Å². The lowest BCUT2D eigenvalue weighted by Gasteiger charge is -2.32. The number of likely N-dealkylation sites (tertiary alicyclic amines) is 1. The van der Waals surface area contributed by atoms with E-state index in [1.54, 1.807) is 45.2 Å². The zero-order valence-electron chi connectivity index (χ0n) is 13.0. The third-order valence-corrected chi connectivity index (χ3v) is 3.73. The fraction of sp³-hybridized carbons (Fsp3) is 0.500. The second kappa shape index (κ2) is 6.25. The van der Waals surface area contributed by atoms with Gasteiger partial charge in [0, 0.05) is 12.6 Å². The summed E-state index contributed by atoms with van der Waals surface area (Å²) in [6.07, 6.45) is 1.17. The molecule has 0 bridgehead atoms. The number of nitrogens with zero attached hydrogens (tertiary/aromatic N) is 1. The van der Waals surface area contributed by atoms with Crippen LogP contribution in [0.25, 0.3) is 0 Å². The Morgan fingerprint density at radius 1 is 1.32 bits per heavy atom. The van der Waals surface area contributed by atoms with Gasteiger partial charge in [-0.25, -0.2) is 4.79 Å². The Bertz CT molecular complexity index is 569. The van der Waals surface area contributed by atoms with Crippen molar-refractivity contribution in [2.75, 3.05) is 13.7 Å². The lowest BCUT2D eigenvalue weighted by atomic mass is 10.1. The van der Waals surface area contributed by atoms with Crippen LogP contribution < -0.4 is 9.47 Å². The van der Waals surface area contributed by atoms with Gasteiger partial charge in [-0.05, 0) is 38.8 Å². The SMILES string of the molecule is COc1cccc(OC(C)(C)C(=O)N2CCCC2C(=O)O)c1. The van der Waals surface area contributed by atoms with Gasteiger partial charge in [0.1, 0.15) is 17.5 Å². The van der Waals surface area contributed by atoms with E-state index in [9.17, 15) is 14.7 Å². The van der Waals surface area contributed by atoms with Crippen LogP contribution in [0.4, 0.5) is 0 Å². The van der Waals surface area contributed by atoms with Gasteiger partial charge in [0.25, 0.3) is 5.91 Å². The predicted octanol–water partition coefficient (Wildman–Crippen LogP) is 1.93. The third kappa shape index (κ3) is 3.32. The molecular weight excluding hydrogens is 286 g/mol. The molecule has 1 aromatic rings. The second-order valence-corrected chi connectivity index (χ2v) is 5.79. The van der Waals surface area contributed by atoms with Gasteiger partial charge in [0.05, 0.1) is 7.11 Å². The standard InChI is InChI=1S/C16H21NO5/c1-16(2,22-12-7-4-6-11(10-12)21-3)15(20)17-9-5-8-13(17)14(18)19/h4,6-7,10,13H,5,8-9H2,1-3H3,(H,18,19). The Kier molecular flexibility index (Phi) is 4.59. The molecule has 2 rings (SSSR count). The molecule has 1 aliphatic rings. The van der Waals surface area contributed by atoms with Gasteiger partial charge >= 0.3 is 5.97 Å². The zero-order chi connectivity index (χ0) is 16.3. The minimum absolute atomic E-state index is 0.319. The maximum Gasteiger partial charge on any atom is 0.326 e. The summed E-state index contributed by atoms with van der Waals surface area (Å²) < 4.78 is 10.9. The van der Waals surface area contributed by atoms with Crippen LogP contribution in [0.15, 0.2) is 24.3 Å². The number of hydrogen-bond donors (Lipinski definition) is 1. The fourth-order valence-corrected chi connectivity index (χ4v) is 2.62. The summed E-state index contributed by atoms with van der Waals surface area (Å²) in [6.45, 7) is 3.73. The van der Waals surface area contributed by atoms with E-state index >= 15 is 0 Å². The van der Waals surface area contributed by atoms with Crippen molar-refractivity contribution in [1.29, 1.82) is 0 Å². The van der Waals surface area contributed by atoms with E-state index in [0.29, 0.717) is 30.9 Å². The maximum atomic E-state index is 12.6. The van der Waals surface area contributed by atoms with Gasteiger partial charge in [0.2, 0.25) is 0 Å². The van der Waals surface area contributed by atoms with E-state index < -0.39 is 17.6 Å². The third-order valence-electron chi connectivity index (χ3n) is 3.73. The molecule has 22 heavy (non-hydrogen) atoms. The minimum Gasteiger partial charge on any atom is -0.497 e. The molecule has 6 heteroatoms. The number of carbonyl (C=O) groups excluding carboxylic acids is 1. The number of carbonyl (C=O) groups is 2. The Labute approximate surface area is 129 Å². The fourth-order valence-electron chi connectivity index (χ4n) is 2.62. The molecule has 0 spiro atoms. The molecule has 120 valence electrons. The molecule has 1 unspecified atom stereocenters. The summed E-state index contributed by atoms with van der Waals surface area (Å²) in [5.41, 5.74) is -1.15. The van der Waals surface area contributed by atoms with Crippen molar-refractivity contribution in [3.05, 3.63) is 24.3 Å².